The van der Waals surface area contributed by atoms with Gasteiger partial charge < -0.3 is 4.42 Å². The highest BCUT2D eigenvalue weighted by Crippen LogP contribution is 2.14. The van der Waals surface area contributed by atoms with E-state index >= 15 is 0 Å². The molecule has 0 atom stereocenters. The van der Waals surface area contributed by atoms with Gasteiger partial charge in [-0.15, -0.1) is 10.2 Å². The monoisotopic (exact) mass is 189 g/mol. The molecule has 0 aliphatic heterocycles. The Bertz CT molecular complexity index is 397. The summed E-state index contributed by atoms with van der Waals surface area (Å²) in [4.78, 5) is 4.13. The zero-order valence-corrected chi connectivity index (χ0v) is 7.97. The number of rotatable bonds is 3. The quantitative estimate of drug-likeness (QED) is 0.741. The fraction of sp³-hybridized carbons (Fsp3) is 0.300. The summed E-state index contributed by atoms with van der Waals surface area (Å²) in [6.07, 6.45) is 3.53. The van der Waals surface area contributed by atoms with Crippen LogP contribution in [0.1, 0.15) is 19.2 Å². The van der Waals surface area contributed by atoms with Crippen LogP contribution in [-0.4, -0.2) is 15.2 Å². The molecule has 2 aromatic heterocycles. The van der Waals surface area contributed by atoms with E-state index in [2.05, 4.69) is 22.1 Å². The van der Waals surface area contributed by atoms with Gasteiger partial charge in [-0.25, -0.2) is 0 Å². The normalized spacial score (nSPS) is 10.4. The lowest BCUT2D eigenvalue weighted by atomic mass is 10.3. The van der Waals surface area contributed by atoms with Crippen LogP contribution in [0.4, 0.5) is 0 Å². The molecule has 0 bridgehead atoms. The fourth-order valence-electron chi connectivity index (χ4n) is 1.16. The SMILES string of the molecule is CCCc1nnc(-c2ccccn2)o1. The van der Waals surface area contributed by atoms with Gasteiger partial charge in [0.05, 0.1) is 0 Å². The maximum absolute atomic E-state index is 5.43. The summed E-state index contributed by atoms with van der Waals surface area (Å²) >= 11 is 0. The van der Waals surface area contributed by atoms with E-state index in [-0.39, 0.29) is 0 Å². The Morgan fingerprint density at radius 1 is 1.29 bits per heavy atom. The summed E-state index contributed by atoms with van der Waals surface area (Å²) in [5.74, 6) is 1.17. The predicted molar refractivity (Wildman–Crippen MR) is 51.5 cm³/mol. The lowest BCUT2D eigenvalue weighted by Gasteiger charge is -1.90. The van der Waals surface area contributed by atoms with Crippen LogP contribution in [0.25, 0.3) is 11.6 Å². The number of hydrogen-bond donors (Lipinski definition) is 0. The average Bonchev–Trinajstić information content (AvgIpc) is 2.68. The third-order valence-corrected chi connectivity index (χ3v) is 1.81. The van der Waals surface area contributed by atoms with Crippen LogP contribution in [0.2, 0.25) is 0 Å². The summed E-state index contributed by atoms with van der Waals surface area (Å²) in [6.45, 7) is 2.07. The summed E-state index contributed by atoms with van der Waals surface area (Å²) in [6, 6.07) is 5.60. The molecule has 14 heavy (non-hydrogen) atoms. The Morgan fingerprint density at radius 3 is 2.93 bits per heavy atom. The minimum Gasteiger partial charge on any atom is -0.419 e. The first-order valence-electron chi connectivity index (χ1n) is 4.64. The number of pyridine rings is 1. The highest BCUT2D eigenvalue weighted by molar-refractivity contribution is 5.44. The number of nitrogens with zero attached hydrogens (tertiary/aromatic N) is 3. The zero-order chi connectivity index (χ0) is 9.80. The number of aryl methyl sites for hydroxylation is 1. The molecule has 2 heterocycles. The lowest BCUT2D eigenvalue weighted by Crippen LogP contribution is -1.81. The molecule has 2 aromatic rings. The van der Waals surface area contributed by atoms with Crippen molar-refractivity contribution in [3.05, 3.63) is 30.3 Å². The molecule has 0 spiro atoms. The van der Waals surface area contributed by atoms with Crippen molar-refractivity contribution in [2.45, 2.75) is 19.8 Å². The van der Waals surface area contributed by atoms with Crippen molar-refractivity contribution >= 4 is 0 Å². The first-order chi connectivity index (χ1) is 6.90. The van der Waals surface area contributed by atoms with Crippen LogP contribution in [0, 0.1) is 0 Å². The summed E-state index contributed by atoms with van der Waals surface area (Å²) in [7, 11) is 0. The van der Waals surface area contributed by atoms with E-state index in [4.69, 9.17) is 4.42 Å². The van der Waals surface area contributed by atoms with Crippen LogP contribution in [0.3, 0.4) is 0 Å². The molecule has 0 saturated carbocycles. The van der Waals surface area contributed by atoms with Gasteiger partial charge in [0, 0.05) is 12.6 Å². The van der Waals surface area contributed by atoms with Gasteiger partial charge in [0.2, 0.25) is 5.89 Å². The van der Waals surface area contributed by atoms with Crippen molar-refractivity contribution in [1.82, 2.24) is 15.2 Å². The zero-order valence-electron chi connectivity index (χ0n) is 7.97. The maximum Gasteiger partial charge on any atom is 0.266 e. The minimum absolute atomic E-state index is 0.494. The molecule has 4 nitrogen and oxygen atoms in total. The van der Waals surface area contributed by atoms with Crippen LogP contribution in [0.15, 0.2) is 28.8 Å². The first-order valence-corrected chi connectivity index (χ1v) is 4.64. The third kappa shape index (κ3) is 1.79. The lowest BCUT2D eigenvalue weighted by molar-refractivity contribution is 0.501. The van der Waals surface area contributed by atoms with Gasteiger partial charge in [-0.05, 0) is 18.6 Å². The van der Waals surface area contributed by atoms with Crippen molar-refractivity contribution in [2.75, 3.05) is 0 Å². The van der Waals surface area contributed by atoms with Gasteiger partial charge in [0.15, 0.2) is 0 Å². The Labute approximate surface area is 82.0 Å². The first kappa shape index (κ1) is 8.87. The van der Waals surface area contributed by atoms with E-state index in [9.17, 15) is 0 Å². The molecule has 2 rings (SSSR count). The highest BCUT2D eigenvalue weighted by Gasteiger charge is 2.07. The van der Waals surface area contributed by atoms with Gasteiger partial charge in [-0.2, -0.15) is 0 Å². The topological polar surface area (TPSA) is 51.8 Å². The smallest absolute Gasteiger partial charge is 0.266 e. The Balaban J connectivity index is 2.25. The van der Waals surface area contributed by atoms with Crippen LogP contribution < -0.4 is 0 Å². The molecule has 0 N–H and O–H groups in total. The molecule has 0 aromatic carbocycles. The molecule has 0 unspecified atom stereocenters. The second-order valence-electron chi connectivity index (χ2n) is 2.97. The van der Waals surface area contributed by atoms with Crippen molar-refractivity contribution in [2.24, 2.45) is 0 Å². The van der Waals surface area contributed by atoms with E-state index in [1.165, 1.54) is 0 Å². The standard InChI is InChI=1S/C10H11N3O/c1-2-5-9-12-13-10(14-9)8-6-3-4-7-11-8/h3-4,6-7H,2,5H2,1H3. The molecular formula is C10H11N3O. The third-order valence-electron chi connectivity index (χ3n) is 1.81. The second-order valence-corrected chi connectivity index (χ2v) is 2.97. The van der Waals surface area contributed by atoms with Crippen molar-refractivity contribution in [1.29, 1.82) is 0 Å². The Kier molecular flexibility index (Phi) is 2.53. The average molecular weight is 189 g/mol. The van der Waals surface area contributed by atoms with Gasteiger partial charge in [-0.1, -0.05) is 13.0 Å². The predicted octanol–water partition coefficient (Wildman–Crippen LogP) is 2.08. The minimum atomic E-state index is 0.494. The highest BCUT2D eigenvalue weighted by atomic mass is 16.4. The van der Waals surface area contributed by atoms with E-state index in [1.807, 2.05) is 18.2 Å². The Morgan fingerprint density at radius 2 is 2.21 bits per heavy atom. The van der Waals surface area contributed by atoms with Gasteiger partial charge in [0.1, 0.15) is 5.69 Å². The molecule has 4 heteroatoms. The van der Waals surface area contributed by atoms with Crippen LogP contribution >= 0.6 is 0 Å². The van der Waals surface area contributed by atoms with E-state index in [0.29, 0.717) is 11.8 Å². The number of hydrogen-bond acceptors (Lipinski definition) is 4. The molecule has 0 aliphatic carbocycles. The molecular weight excluding hydrogens is 178 g/mol. The molecule has 0 amide bonds. The Hall–Kier alpha value is -1.71. The molecule has 0 radical (unpaired) electrons. The van der Waals surface area contributed by atoms with Gasteiger partial charge in [0.25, 0.3) is 5.89 Å². The molecule has 72 valence electrons. The van der Waals surface area contributed by atoms with Gasteiger partial charge in [-0.3, -0.25) is 4.98 Å². The second kappa shape index (κ2) is 4.00. The van der Waals surface area contributed by atoms with E-state index in [0.717, 1.165) is 18.5 Å². The van der Waals surface area contributed by atoms with Crippen molar-refractivity contribution in [3.8, 4) is 11.6 Å². The summed E-state index contributed by atoms with van der Waals surface area (Å²) in [5, 5.41) is 7.85. The van der Waals surface area contributed by atoms with E-state index < -0.39 is 0 Å². The largest absolute Gasteiger partial charge is 0.419 e. The van der Waals surface area contributed by atoms with E-state index in [1.54, 1.807) is 6.20 Å². The summed E-state index contributed by atoms with van der Waals surface area (Å²) in [5.41, 5.74) is 0.724. The van der Waals surface area contributed by atoms with Crippen LogP contribution in [-0.2, 0) is 6.42 Å². The molecule has 0 saturated heterocycles. The number of aromatic nitrogens is 3. The van der Waals surface area contributed by atoms with Crippen molar-refractivity contribution < 1.29 is 4.42 Å². The summed E-state index contributed by atoms with van der Waals surface area (Å²) < 4.78 is 5.43. The molecule has 0 fully saturated rings. The maximum atomic E-state index is 5.43. The van der Waals surface area contributed by atoms with Crippen molar-refractivity contribution in [3.63, 3.8) is 0 Å². The molecule has 0 aliphatic rings. The fourth-order valence-corrected chi connectivity index (χ4v) is 1.16. The van der Waals surface area contributed by atoms with Crippen LogP contribution in [0.5, 0.6) is 0 Å². The van der Waals surface area contributed by atoms with Gasteiger partial charge >= 0.3 is 0 Å².